The fourth-order valence-corrected chi connectivity index (χ4v) is 3.27. The van der Waals surface area contributed by atoms with Crippen LogP contribution in [-0.4, -0.2) is 75.0 Å². The molecule has 0 aromatic rings. The molecule has 0 aromatic carbocycles. The number of hydrogen-bond acceptors (Lipinski definition) is 5. The third-order valence-electron chi connectivity index (χ3n) is 4.41. The van der Waals surface area contributed by atoms with Crippen LogP contribution in [0.5, 0.6) is 0 Å². The normalized spacial score (nSPS) is 34.7. The lowest BCUT2D eigenvalue weighted by molar-refractivity contribution is -0.125. The summed E-state index contributed by atoms with van der Waals surface area (Å²) in [6.07, 6.45) is 3.12. The fraction of sp³-hybridized carbons (Fsp3) is 0.929. The quantitative estimate of drug-likeness (QED) is 0.717. The fourth-order valence-electron chi connectivity index (χ4n) is 3.27. The molecular formula is C14H25N3O3. The zero-order valence-corrected chi connectivity index (χ0v) is 12.0. The van der Waals surface area contributed by atoms with E-state index in [1.165, 1.54) is 19.4 Å². The number of fused-ring (bicyclic) bond motifs is 1. The molecule has 0 aromatic heterocycles. The van der Waals surface area contributed by atoms with Crippen molar-refractivity contribution in [1.82, 2.24) is 15.5 Å². The van der Waals surface area contributed by atoms with Gasteiger partial charge in [-0.1, -0.05) is 0 Å². The maximum absolute atomic E-state index is 11.9. The first-order valence-electron chi connectivity index (χ1n) is 7.76. The number of nitrogens with one attached hydrogen (secondary N) is 2. The van der Waals surface area contributed by atoms with Crippen LogP contribution in [0.25, 0.3) is 0 Å². The van der Waals surface area contributed by atoms with E-state index in [9.17, 15) is 4.79 Å². The standard InChI is InChI=1S/C14H25N3O3/c18-14(6-12-7-15-3-5-19-12)16-8-13-9-17-4-1-2-11(17)10-20-13/h11-13,15H,1-10H2,(H,16,18). The van der Waals surface area contributed by atoms with Crippen LogP contribution in [0.2, 0.25) is 0 Å². The average molecular weight is 283 g/mol. The first-order valence-corrected chi connectivity index (χ1v) is 7.76. The van der Waals surface area contributed by atoms with Gasteiger partial charge in [-0.2, -0.15) is 0 Å². The molecule has 0 radical (unpaired) electrons. The number of carbonyl (C=O) groups is 1. The summed E-state index contributed by atoms with van der Waals surface area (Å²) >= 11 is 0. The lowest BCUT2D eigenvalue weighted by atomic mass is 10.2. The summed E-state index contributed by atoms with van der Waals surface area (Å²) in [5.74, 6) is 0.0610. The van der Waals surface area contributed by atoms with E-state index in [4.69, 9.17) is 9.47 Å². The van der Waals surface area contributed by atoms with Gasteiger partial charge < -0.3 is 20.1 Å². The summed E-state index contributed by atoms with van der Waals surface area (Å²) in [6.45, 7) is 5.90. The summed E-state index contributed by atoms with van der Waals surface area (Å²) in [7, 11) is 0. The Labute approximate surface area is 120 Å². The Balaban J connectivity index is 1.35. The third-order valence-corrected chi connectivity index (χ3v) is 4.41. The molecule has 3 fully saturated rings. The lowest BCUT2D eigenvalue weighted by Gasteiger charge is -2.35. The Kier molecular flexibility index (Phi) is 4.88. The van der Waals surface area contributed by atoms with E-state index in [0.717, 1.165) is 26.2 Å². The van der Waals surface area contributed by atoms with Gasteiger partial charge in [0.25, 0.3) is 0 Å². The number of carbonyl (C=O) groups excluding carboxylic acids is 1. The SMILES string of the molecule is O=C(CC1CNCCO1)NCC1CN2CCCC2CO1. The Morgan fingerprint density at radius 2 is 2.30 bits per heavy atom. The van der Waals surface area contributed by atoms with Crippen LogP contribution >= 0.6 is 0 Å². The molecular weight excluding hydrogens is 258 g/mol. The molecule has 3 saturated heterocycles. The Morgan fingerprint density at radius 1 is 1.35 bits per heavy atom. The molecule has 20 heavy (non-hydrogen) atoms. The second kappa shape index (κ2) is 6.85. The molecule has 3 aliphatic heterocycles. The molecule has 3 unspecified atom stereocenters. The topological polar surface area (TPSA) is 62.8 Å². The number of hydrogen-bond donors (Lipinski definition) is 2. The second-order valence-corrected chi connectivity index (χ2v) is 5.95. The van der Waals surface area contributed by atoms with Crippen LogP contribution in [0, 0.1) is 0 Å². The van der Waals surface area contributed by atoms with Crippen molar-refractivity contribution in [2.75, 3.05) is 45.9 Å². The first kappa shape index (κ1) is 14.3. The van der Waals surface area contributed by atoms with E-state index in [1.807, 2.05) is 0 Å². The van der Waals surface area contributed by atoms with Crippen molar-refractivity contribution < 1.29 is 14.3 Å². The van der Waals surface area contributed by atoms with E-state index in [-0.39, 0.29) is 18.1 Å². The van der Waals surface area contributed by atoms with E-state index in [2.05, 4.69) is 15.5 Å². The zero-order valence-electron chi connectivity index (χ0n) is 12.0. The van der Waals surface area contributed by atoms with Crippen molar-refractivity contribution in [3.63, 3.8) is 0 Å². The van der Waals surface area contributed by atoms with E-state index < -0.39 is 0 Å². The molecule has 3 rings (SSSR count). The highest BCUT2D eigenvalue weighted by Gasteiger charge is 2.32. The maximum Gasteiger partial charge on any atom is 0.222 e. The van der Waals surface area contributed by atoms with Crippen LogP contribution in [-0.2, 0) is 14.3 Å². The number of amides is 1. The van der Waals surface area contributed by atoms with Crippen molar-refractivity contribution in [2.24, 2.45) is 0 Å². The number of ether oxygens (including phenoxy) is 2. The summed E-state index contributed by atoms with van der Waals surface area (Å²) in [5, 5.41) is 6.22. The van der Waals surface area contributed by atoms with Crippen molar-refractivity contribution >= 4 is 5.91 Å². The molecule has 0 bridgehead atoms. The lowest BCUT2D eigenvalue weighted by Crippen LogP contribution is -2.50. The van der Waals surface area contributed by atoms with Gasteiger partial charge in [0.1, 0.15) is 0 Å². The predicted octanol–water partition coefficient (Wildman–Crippen LogP) is -0.656. The van der Waals surface area contributed by atoms with Crippen LogP contribution < -0.4 is 10.6 Å². The number of nitrogens with zero attached hydrogens (tertiary/aromatic N) is 1. The zero-order chi connectivity index (χ0) is 13.8. The molecule has 2 N–H and O–H groups in total. The van der Waals surface area contributed by atoms with Crippen molar-refractivity contribution in [1.29, 1.82) is 0 Å². The molecule has 6 nitrogen and oxygen atoms in total. The van der Waals surface area contributed by atoms with Crippen molar-refractivity contribution in [3.8, 4) is 0 Å². The summed E-state index contributed by atoms with van der Waals surface area (Å²) in [6, 6.07) is 0.615. The Hall–Kier alpha value is -0.690. The minimum absolute atomic E-state index is 0.0130. The van der Waals surface area contributed by atoms with Gasteiger partial charge in [0.05, 0.1) is 31.8 Å². The first-order chi connectivity index (χ1) is 9.81. The van der Waals surface area contributed by atoms with Gasteiger partial charge in [-0.15, -0.1) is 0 Å². The van der Waals surface area contributed by atoms with Gasteiger partial charge in [0.15, 0.2) is 0 Å². The third kappa shape index (κ3) is 3.69. The highest BCUT2D eigenvalue weighted by molar-refractivity contribution is 5.76. The molecule has 114 valence electrons. The summed E-state index contributed by atoms with van der Waals surface area (Å²) in [5.41, 5.74) is 0. The molecule has 3 aliphatic rings. The maximum atomic E-state index is 11.9. The van der Waals surface area contributed by atoms with E-state index in [1.54, 1.807) is 0 Å². The second-order valence-electron chi connectivity index (χ2n) is 5.95. The minimum atomic E-state index is 0.0130. The van der Waals surface area contributed by atoms with E-state index >= 15 is 0 Å². The van der Waals surface area contributed by atoms with Crippen LogP contribution in [0.3, 0.4) is 0 Å². The number of rotatable bonds is 4. The summed E-state index contributed by atoms with van der Waals surface area (Å²) in [4.78, 5) is 14.4. The van der Waals surface area contributed by atoms with Gasteiger partial charge in [-0.25, -0.2) is 0 Å². The minimum Gasteiger partial charge on any atom is -0.375 e. The highest BCUT2D eigenvalue weighted by Crippen LogP contribution is 2.22. The van der Waals surface area contributed by atoms with Crippen molar-refractivity contribution in [2.45, 2.75) is 37.5 Å². The van der Waals surface area contributed by atoms with Gasteiger partial charge in [0.2, 0.25) is 5.91 Å². The van der Waals surface area contributed by atoms with Gasteiger partial charge in [-0.05, 0) is 19.4 Å². The molecule has 6 heteroatoms. The Bertz CT molecular complexity index is 334. The average Bonchev–Trinajstić information content (AvgIpc) is 2.93. The van der Waals surface area contributed by atoms with Crippen molar-refractivity contribution in [3.05, 3.63) is 0 Å². The summed E-state index contributed by atoms with van der Waals surface area (Å²) < 4.78 is 11.4. The largest absolute Gasteiger partial charge is 0.375 e. The molecule has 1 amide bonds. The van der Waals surface area contributed by atoms with Gasteiger partial charge in [0, 0.05) is 32.2 Å². The molecule has 0 saturated carbocycles. The molecule has 0 aliphatic carbocycles. The smallest absolute Gasteiger partial charge is 0.222 e. The predicted molar refractivity (Wildman–Crippen MR) is 74.6 cm³/mol. The van der Waals surface area contributed by atoms with Crippen LogP contribution in [0.15, 0.2) is 0 Å². The Morgan fingerprint density at radius 3 is 3.15 bits per heavy atom. The van der Waals surface area contributed by atoms with Crippen LogP contribution in [0.4, 0.5) is 0 Å². The van der Waals surface area contributed by atoms with Crippen LogP contribution in [0.1, 0.15) is 19.3 Å². The molecule has 3 atom stereocenters. The molecule has 3 heterocycles. The highest BCUT2D eigenvalue weighted by atomic mass is 16.5. The van der Waals surface area contributed by atoms with E-state index in [0.29, 0.717) is 25.6 Å². The monoisotopic (exact) mass is 283 g/mol. The molecule has 0 spiro atoms. The number of morpholine rings is 2. The van der Waals surface area contributed by atoms with Gasteiger partial charge in [-0.3, -0.25) is 9.69 Å². The van der Waals surface area contributed by atoms with Gasteiger partial charge >= 0.3 is 0 Å².